The van der Waals surface area contributed by atoms with Gasteiger partial charge in [-0.3, -0.25) is 4.79 Å². The minimum Gasteiger partial charge on any atom is -0.494 e. The van der Waals surface area contributed by atoms with Crippen LogP contribution in [0.5, 0.6) is 5.75 Å². The summed E-state index contributed by atoms with van der Waals surface area (Å²) in [5.41, 5.74) is 2.56. The molecule has 1 heterocycles. The first-order chi connectivity index (χ1) is 14.8. The largest absolute Gasteiger partial charge is 0.494 e. The van der Waals surface area contributed by atoms with Gasteiger partial charge in [-0.25, -0.2) is 8.42 Å². The van der Waals surface area contributed by atoms with Gasteiger partial charge in [0.1, 0.15) is 5.75 Å². The van der Waals surface area contributed by atoms with Gasteiger partial charge in [0.25, 0.3) is 5.91 Å². The summed E-state index contributed by atoms with van der Waals surface area (Å²) in [5, 5.41) is 0. The van der Waals surface area contributed by atoms with Crippen LogP contribution in [0.3, 0.4) is 0 Å². The lowest BCUT2D eigenvalue weighted by atomic mass is 10.1. The highest BCUT2D eigenvalue weighted by atomic mass is 32.2. The van der Waals surface area contributed by atoms with Crippen LogP contribution in [0.4, 0.5) is 5.69 Å². The highest BCUT2D eigenvalue weighted by Gasteiger charge is 2.35. The number of carbonyl (C=O) groups is 1. The minimum atomic E-state index is -3.11. The van der Waals surface area contributed by atoms with Crippen LogP contribution in [0.15, 0.2) is 48.5 Å². The molecule has 31 heavy (non-hydrogen) atoms. The van der Waals surface area contributed by atoms with Crippen molar-refractivity contribution in [2.24, 2.45) is 0 Å². The van der Waals surface area contributed by atoms with Crippen LogP contribution in [-0.4, -0.2) is 57.5 Å². The van der Waals surface area contributed by atoms with E-state index in [1.807, 2.05) is 55.4 Å². The monoisotopic (exact) mass is 444 g/mol. The van der Waals surface area contributed by atoms with Gasteiger partial charge in [0.05, 0.1) is 18.1 Å². The zero-order valence-corrected chi connectivity index (χ0v) is 19.4. The zero-order chi connectivity index (χ0) is 22.4. The van der Waals surface area contributed by atoms with Crippen molar-refractivity contribution >= 4 is 21.4 Å². The van der Waals surface area contributed by atoms with E-state index >= 15 is 0 Å². The molecule has 0 saturated carbocycles. The van der Waals surface area contributed by atoms with Gasteiger partial charge in [0, 0.05) is 37.9 Å². The van der Waals surface area contributed by atoms with Crippen molar-refractivity contribution in [3.8, 4) is 5.75 Å². The average molecular weight is 445 g/mol. The van der Waals surface area contributed by atoms with E-state index in [4.69, 9.17) is 4.74 Å². The number of anilines is 1. The molecule has 1 aliphatic rings. The first-order valence-corrected chi connectivity index (χ1v) is 12.6. The van der Waals surface area contributed by atoms with Gasteiger partial charge in [-0.15, -0.1) is 0 Å². The van der Waals surface area contributed by atoms with Gasteiger partial charge >= 0.3 is 0 Å². The first-order valence-electron chi connectivity index (χ1n) is 10.8. The van der Waals surface area contributed by atoms with Gasteiger partial charge < -0.3 is 14.5 Å². The highest BCUT2D eigenvalue weighted by Crippen LogP contribution is 2.24. The normalized spacial score (nSPS) is 17.3. The van der Waals surface area contributed by atoms with Crippen LogP contribution in [0, 0.1) is 0 Å². The second-order valence-corrected chi connectivity index (χ2v) is 10.5. The Kier molecular flexibility index (Phi) is 7.59. The van der Waals surface area contributed by atoms with E-state index < -0.39 is 9.84 Å². The number of carbonyl (C=O) groups excluding carboxylic acids is 1. The van der Waals surface area contributed by atoms with Crippen LogP contribution in [-0.2, 0) is 16.4 Å². The second kappa shape index (κ2) is 10.2. The molecule has 2 aromatic carbocycles. The molecular weight excluding hydrogens is 412 g/mol. The number of hydrogen-bond acceptors (Lipinski definition) is 5. The molecule has 6 nitrogen and oxygen atoms in total. The lowest BCUT2D eigenvalue weighted by Crippen LogP contribution is -2.40. The minimum absolute atomic E-state index is 0.0151. The summed E-state index contributed by atoms with van der Waals surface area (Å²) in [6.45, 7) is 3.08. The van der Waals surface area contributed by atoms with Crippen LogP contribution in [0.2, 0.25) is 0 Å². The van der Waals surface area contributed by atoms with Crippen molar-refractivity contribution < 1.29 is 17.9 Å². The van der Waals surface area contributed by atoms with Crippen molar-refractivity contribution in [1.29, 1.82) is 0 Å². The maximum atomic E-state index is 13.5. The maximum Gasteiger partial charge on any atom is 0.254 e. The molecule has 3 rings (SSSR count). The van der Waals surface area contributed by atoms with Gasteiger partial charge in [-0.1, -0.05) is 31.5 Å². The Morgan fingerprint density at radius 2 is 1.87 bits per heavy atom. The van der Waals surface area contributed by atoms with E-state index in [2.05, 4.69) is 6.92 Å². The molecular formula is C24H32N2O4S. The number of sulfone groups is 1. The van der Waals surface area contributed by atoms with Crippen molar-refractivity contribution in [2.45, 2.75) is 38.8 Å². The van der Waals surface area contributed by atoms with E-state index in [9.17, 15) is 13.2 Å². The molecule has 1 saturated heterocycles. The highest BCUT2D eigenvalue weighted by molar-refractivity contribution is 7.91. The molecule has 1 aliphatic heterocycles. The fourth-order valence-corrected chi connectivity index (χ4v) is 5.43. The Labute approximate surface area is 185 Å². The lowest BCUT2D eigenvalue weighted by molar-refractivity contribution is 0.0680. The predicted octanol–water partition coefficient (Wildman–Crippen LogP) is 3.76. The summed E-state index contributed by atoms with van der Waals surface area (Å²) in [4.78, 5) is 17.2. The van der Waals surface area contributed by atoms with Gasteiger partial charge in [-0.2, -0.15) is 0 Å². The Morgan fingerprint density at radius 1 is 1.13 bits per heavy atom. The molecule has 0 unspecified atom stereocenters. The quantitative estimate of drug-likeness (QED) is 0.551. The third kappa shape index (κ3) is 6.23. The van der Waals surface area contributed by atoms with Crippen molar-refractivity contribution in [3.05, 3.63) is 59.7 Å². The summed E-state index contributed by atoms with van der Waals surface area (Å²) in [7, 11) is 0.837. The zero-order valence-electron chi connectivity index (χ0n) is 18.6. The molecule has 1 atom stereocenters. The van der Waals surface area contributed by atoms with Crippen LogP contribution in [0.1, 0.15) is 42.1 Å². The Balaban J connectivity index is 1.84. The molecule has 168 valence electrons. The van der Waals surface area contributed by atoms with Crippen molar-refractivity contribution in [3.63, 3.8) is 0 Å². The van der Waals surface area contributed by atoms with E-state index in [0.717, 1.165) is 24.1 Å². The summed E-state index contributed by atoms with van der Waals surface area (Å²) in [5.74, 6) is 0.635. The lowest BCUT2D eigenvalue weighted by Gasteiger charge is -2.29. The van der Waals surface area contributed by atoms with E-state index in [-0.39, 0.29) is 23.5 Å². The number of amides is 1. The summed E-state index contributed by atoms with van der Waals surface area (Å²) in [6.07, 6.45) is 2.46. The Bertz CT molecular complexity index is 987. The van der Waals surface area contributed by atoms with Crippen molar-refractivity contribution in [2.75, 3.05) is 37.1 Å². The fraction of sp³-hybridized carbons (Fsp3) is 0.458. The molecule has 7 heteroatoms. The van der Waals surface area contributed by atoms with Gasteiger partial charge in [0.2, 0.25) is 0 Å². The number of ether oxygens (including phenoxy) is 1. The van der Waals surface area contributed by atoms with E-state index in [1.165, 1.54) is 0 Å². The van der Waals surface area contributed by atoms with Crippen LogP contribution in [0.25, 0.3) is 0 Å². The fourth-order valence-electron chi connectivity index (χ4n) is 3.70. The molecule has 0 spiro atoms. The SMILES string of the molecule is CCCCOc1cccc(C(=O)N(Cc2ccc(N(C)C)cc2)[C@@H]2CCS(=O)(=O)C2)c1. The topological polar surface area (TPSA) is 66.9 Å². The molecule has 0 aromatic heterocycles. The third-order valence-electron chi connectivity index (χ3n) is 5.56. The molecule has 1 amide bonds. The maximum absolute atomic E-state index is 13.5. The first kappa shape index (κ1) is 23.1. The van der Waals surface area contributed by atoms with Crippen LogP contribution < -0.4 is 9.64 Å². The van der Waals surface area contributed by atoms with Crippen LogP contribution >= 0.6 is 0 Å². The molecule has 0 aliphatic carbocycles. The number of rotatable bonds is 9. The molecule has 2 aromatic rings. The smallest absolute Gasteiger partial charge is 0.254 e. The van der Waals surface area contributed by atoms with Crippen molar-refractivity contribution in [1.82, 2.24) is 4.90 Å². The molecule has 0 N–H and O–H groups in total. The van der Waals surface area contributed by atoms with E-state index in [0.29, 0.717) is 30.9 Å². The number of unbranched alkanes of at least 4 members (excludes halogenated alkanes) is 1. The molecule has 0 bridgehead atoms. The number of nitrogens with zero attached hydrogens (tertiary/aromatic N) is 2. The van der Waals surface area contributed by atoms with Gasteiger partial charge in [0.15, 0.2) is 9.84 Å². The summed E-state index contributed by atoms with van der Waals surface area (Å²) >= 11 is 0. The summed E-state index contributed by atoms with van der Waals surface area (Å²) in [6, 6.07) is 14.8. The number of benzene rings is 2. The average Bonchev–Trinajstić information content (AvgIpc) is 3.11. The Hall–Kier alpha value is -2.54. The molecule has 1 fully saturated rings. The molecule has 0 radical (unpaired) electrons. The van der Waals surface area contributed by atoms with Gasteiger partial charge in [-0.05, 0) is 48.7 Å². The summed E-state index contributed by atoms with van der Waals surface area (Å²) < 4.78 is 30.0. The van der Waals surface area contributed by atoms with E-state index in [1.54, 1.807) is 17.0 Å². The third-order valence-corrected chi connectivity index (χ3v) is 7.31. The Morgan fingerprint density at radius 3 is 2.48 bits per heavy atom. The number of hydrogen-bond donors (Lipinski definition) is 0. The second-order valence-electron chi connectivity index (χ2n) is 8.28. The standard InChI is InChI=1S/C24H32N2O4S/c1-4-5-14-30-23-8-6-7-20(16-23)24(27)26(22-13-15-31(28,29)18-22)17-19-9-11-21(12-10-19)25(2)3/h6-12,16,22H,4-5,13-15,17-18H2,1-3H3/t22-/m1/s1. The predicted molar refractivity (Wildman–Crippen MR) is 125 cm³/mol.